The van der Waals surface area contributed by atoms with Crippen LogP contribution in [0.5, 0.6) is 5.75 Å². The summed E-state index contributed by atoms with van der Waals surface area (Å²) in [5, 5.41) is 3.28. The zero-order valence-corrected chi connectivity index (χ0v) is 13.1. The van der Waals surface area contributed by atoms with Crippen LogP contribution in [0.1, 0.15) is 30.9 Å². The van der Waals surface area contributed by atoms with Crippen molar-refractivity contribution in [2.24, 2.45) is 0 Å². The third-order valence-electron chi connectivity index (χ3n) is 4.48. The Labute approximate surface area is 131 Å². The monoisotopic (exact) mass is 304 g/mol. The molecule has 2 heterocycles. The first kappa shape index (κ1) is 15.3. The minimum atomic E-state index is 0.0124. The van der Waals surface area contributed by atoms with Crippen molar-refractivity contribution in [1.82, 2.24) is 10.2 Å². The highest BCUT2D eigenvalue weighted by molar-refractivity contribution is 5.77. The second kappa shape index (κ2) is 7.11. The van der Waals surface area contributed by atoms with Gasteiger partial charge in [0.1, 0.15) is 5.75 Å². The highest BCUT2D eigenvalue weighted by Crippen LogP contribution is 2.33. The molecule has 0 radical (unpaired) electrons. The quantitative estimate of drug-likeness (QED) is 0.920. The highest BCUT2D eigenvalue weighted by atomic mass is 16.5. The molecule has 0 aliphatic carbocycles. The molecule has 1 amide bonds. The Balaban J connectivity index is 1.64. The van der Waals surface area contributed by atoms with E-state index in [9.17, 15) is 4.79 Å². The second-order valence-corrected chi connectivity index (χ2v) is 5.92. The largest absolute Gasteiger partial charge is 0.497 e. The number of amides is 1. The third-order valence-corrected chi connectivity index (χ3v) is 4.48. The normalized spacial score (nSPS) is 25.2. The van der Waals surface area contributed by atoms with E-state index in [0.29, 0.717) is 13.0 Å². The Morgan fingerprint density at radius 2 is 2.23 bits per heavy atom. The van der Waals surface area contributed by atoms with E-state index in [2.05, 4.69) is 17.4 Å². The molecule has 1 aromatic carbocycles. The predicted molar refractivity (Wildman–Crippen MR) is 83.9 cm³/mol. The summed E-state index contributed by atoms with van der Waals surface area (Å²) in [7, 11) is 1.67. The number of hydrogen-bond donors (Lipinski definition) is 1. The van der Waals surface area contributed by atoms with E-state index in [1.54, 1.807) is 7.11 Å². The lowest BCUT2D eigenvalue weighted by Gasteiger charge is -2.29. The van der Waals surface area contributed by atoms with E-state index in [0.717, 1.165) is 38.2 Å². The summed E-state index contributed by atoms with van der Waals surface area (Å²) in [4.78, 5) is 14.6. The van der Waals surface area contributed by atoms with E-state index in [-0.39, 0.29) is 18.1 Å². The van der Waals surface area contributed by atoms with E-state index in [1.807, 2.05) is 17.0 Å². The number of rotatable bonds is 4. The second-order valence-electron chi connectivity index (χ2n) is 5.92. The molecular formula is C17H24N2O3. The van der Waals surface area contributed by atoms with Gasteiger partial charge in [-0.05, 0) is 30.5 Å². The maximum absolute atomic E-state index is 12.6. The smallest absolute Gasteiger partial charge is 0.225 e. The average Bonchev–Trinajstić information content (AvgIpc) is 3.05. The number of hydrogen-bond acceptors (Lipinski definition) is 4. The first-order chi connectivity index (χ1) is 10.8. The van der Waals surface area contributed by atoms with Gasteiger partial charge in [0, 0.05) is 19.6 Å². The number of carbonyl (C=O) groups is 1. The van der Waals surface area contributed by atoms with Gasteiger partial charge in [-0.2, -0.15) is 0 Å². The number of carbonyl (C=O) groups excluding carboxylic acids is 1. The Hall–Kier alpha value is -1.59. The number of morpholine rings is 1. The maximum Gasteiger partial charge on any atom is 0.225 e. The van der Waals surface area contributed by atoms with Crippen LogP contribution < -0.4 is 10.1 Å². The van der Waals surface area contributed by atoms with E-state index in [4.69, 9.17) is 9.47 Å². The van der Waals surface area contributed by atoms with Crippen LogP contribution in [-0.2, 0) is 9.53 Å². The lowest BCUT2D eigenvalue weighted by Crippen LogP contribution is -2.42. The Bertz CT molecular complexity index is 497. The SMILES string of the molecule is COc1ccc(C2CCCN2C(=O)CC2CNCCO2)cc1. The van der Waals surface area contributed by atoms with Crippen LogP contribution in [0.2, 0.25) is 0 Å². The van der Waals surface area contributed by atoms with Crippen LogP contribution >= 0.6 is 0 Å². The summed E-state index contributed by atoms with van der Waals surface area (Å²) >= 11 is 0. The van der Waals surface area contributed by atoms with Gasteiger partial charge < -0.3 is 19.7 Å². The number of likely N-dealkylation sites (tertiary alicyclic amines) is 1. The summed E-state index contributed by atoms with van der Waals surface area (Å²) < 4.78 is 10.9. The molecule has 0 saturated carbocycles. The van der Waals surface area contributed by atoms with Gasteiger partial charge in [-0.25, -0.2) is 0 Å². The molecule has 1 N–H and O–H groups in total. The van der Waals surface area contributed by atoms with Gasteiger partial charge in [-0.3, -0.25) is 4.79 Å². The molecule has 0 bridgehead atoms. The molecule has 2 unspecified atom stereocenters. The van der Waals surface area contributed by atoms with Crippen LogP contribution in [0.3, 0.4) is 0 Å². The van der Waals surface area contributed by atoms with Crippen molar-refractivity contribution in [3.8, 4) is 5.75 Å². The zero-order chi connectivity index (χ0) is 15.4. The number of methoxy groups -OCH3 is 1. The van der Waals surface area contributed by atoms with Crippen LogP contribution in [0, 0.1) is 0 Å². The Morgan fingerprint density at radius 3 is 2.91 bits per heavy atom. The first-order valence-corrected chi connectivity index (χ1v) is 8.03. The maximum atomic E-state index is 12.6. The fourth-order valence-corrected chi connectivity index (χ4v) is 3.30. The molecule has 1 aromatic rings. The van der Waals surface area contributed by atoms with Crippen molar-refractivity contribution in [3.05, 3.63) is 29.8 Å². The summed E-state index contributed by atoms with van der Waals surface area (Å²) in [5.74, 6) is 1.05. The minimum Gasteiger partial charge on any atom is -0.497 e. The van der Waals surface area contributed by atoms with Crippen LogP contribution in [0.25, 0.3) is 0 Å². The van der Waals surface area contributed by atoms with Crippen LogP contribution in [0.15, 0.2) is 24.3 Å². The van der Waals surface area contributed by atoms with Crippen molar-refractivity contribution < 1.29 is 14.3 Å². The molecule has 5 nitrogen and oxygen atoms in total. The third kappa shape index (κ3) is 3.42. The van der Waals surface area contributed by atoms with Crippen molar-refractivity contribution in [3.63, 3.8) is 0 Å². The van der Waals surface area contributed by atoms with Gasteiger partial charge in [0.25, 0.3) is 0 Å². The lowest BCUT2D eigenvalue weighted by atomic mass is 10.0. The minimum absolute atomic E-state index is 0.0124. The summed E-state index contributed by atoms with van der Waals surface area (Å²) in [6.45, 7) is 3.19. The number of ether oxygens (including phenoxy) is 2. The number of nitrogens with zero attached hydrogens (tertiary/aromatic N) is 1. The summed E-state index contributed by atoms with van der Waals surface area (Å²) in [6.07, 6.45) is 2.58. The molecule has 120 valence electrons. The molecule has 0 aromatic heterocycles. The van der Waals surface area contributed by atoms with Crippen LogP contribution in [0.4, 0.5) is 0 Å². The summed E-state index contributed by atoms with van der Waals surface area (Å²) in [5.41, 5.74) is 1.19. The molecule has 3 rings (SSSR count). The standard InChI is InChI=1S/C17H24N2O3/c1-21-14-6-4-13(5-7-14)16-3-2-9-19(16)17(20)11-15-12-18-8-10-22-15/h4-7,15-16,18H,2-3,8-12H2,1H3. The van der Waals surface area contributed by atoms with Gasteiger partial charge in [0.2, 0.25) is 5.91 Å². The Kier molecular flexibility index (Phi) is 4.95. The van der Waals surface area contributed by atoms with Gasteiger partial charge in [-0.15, -0.1) is 0 Å². The fraction of sp³-hybridized carbons (Fsp3) is 0.588. The lowest BCUT2D eigenvalue weighted by molar-refractivity contribution is -0.135. The molecule has 5 heteroatoms. The molecule has 0 spiro atoms. The van der Waals surface area contributed by atoms with Crippen molar-refractivity contribution in [2.45, 2.75) is 31.4 Å². The van der Waals surface area contributed by atoms with Gasteiger partial charge in [0.05, 0.1) is 32.3 Å². The predicted octanol–water partition coefficient (Wildman–Crippen LogP) is 1.74. The molecule has 2 atom stereocenters. The zero-order valence-electron chi connectivity index (χ0n) is 13.1. The van der Waals surface area contributed by atoms with E-state index in [1.165, 1.54) is 5.56 Å². The molecule has 22 heavy (non-hydrogen) atoms. The Morgan fingerprint density at radius 1 is 1.41 bits per heavy atom. The van der Waals surface area contributed by atoms with Crippen LogP contribution in [-0.4, -0.2) is 50.3 Å². The average molecular weight is 304 g/mol. The van der Waals surface area contributed by atoms with Crippen molar-refractivity contribution >= 4 is 5.91 Å². The van der Waals surface area contributed by atoms with E-state index < -0.39 is 0 Å². The summed E-state index contributed by atoms with van der Waals surface area (Å²) in [6, 6.07) is 8.24. The highest BCUT2D eigenvalue weighted by Gasteiger charge is 2.31. The van der Waals surface area contributed by atoms with Crippen molar-refractivity contribution in [1.29, 1.82) is 0 Å². The molecule has 2 aliphatic rings. The first-order valence-electron chi connectivity index (χ1n) is 8.03. The van der Waals surface area contributed by atoms with Gasteiger partial charge in [-0.1, -0.05) is 12.1 Å². The number of nitrogens with one attached hydrogen (secondary N) is 1. The molecule has 2 saturated heterocycles. The molecular weight excluding hydrogens is 280 g/mol. The fourth-order valence-electron chi connectivity index (χ4n) is 3.30. The topological polar surface area (TPSA) is 50.8 Å². The molecule has 2 aliphatic heterocycles. The van der Waals surface area contributed by atoms with Gasteiger partial charge >= 0.3 is 0 Å². The molecule has 2 fully saturated rings. The van der Waals surface area contributed by atoms with Gasteiger partial charge in [0.15, 0.2) is 0 Å². The van der Waals surface area contributed by atoms with E-state index >= 15 is 0 Å². The number of benzene rings is 1. The van der Waals surface area contributed by atoms with Crippen molar-refractivity contribution in [2.75, 3.05) is 33.4 Å².